The molecule has 212 valence electrons. The lowest BCUT2D eigenvalue weighted by Crippen LogP contribution is -2.32. The molecule has 0 saturated heterocycles. The standard InChI is InChI=1S/C32H24F3N3O3S/c1-19-3-11-23(12-4-19)36-27-28(31(41)38(30(27)40)25-15-5-20(2)6-16-25)42-26-17-13-24(14-18-26)37-29(39)21-7-9-22(10-8-21)32(33,34)35/h3-18,36H,1-2H3,(H,37,39). The third-order valence-electron chi connectivity index (χ3n) is 6.46. The van der Waals surface area contributed by atoms with Gasteiger partial charge in [0, 0.05) is 21.8 Å². The Balaban J connectivity index is 1.36. The summed E-state index contributed by atoms with van der Waals surface area (Å²) >= 11 is 1.11. The highest BCUT2D eigenvalue weighted by Gasteiger charge is 2.40. The highest BCUT2D eigenvalue weighted by atomic mass is 32.2. The van der Waals surface area contributed by atoms with Crippen molar-refractivity contribution in [1.82, 2.24) is 0 Å². The number of alkyl halides is 3. The molecular formula is C32H24F3N3O3S. The van der Waals surface area contributed by atoms with Crippen molar-refractivity contribution in [3.05, 3.63) is 130 Å². The molecule has 4 aromatic rings. The van der Waals surface area contributed by atoms with Gasteiger partial charge in [0.1, 0.15) is 10.6 Å². The summed E-state index contributed by atoms with van der Waals surface area (Å²) in [7, 11) is 0. The summed E-state index contributed by atoms with van der Waals surface area (Å²) in [4.78, 5) is 41.6. The Kier molecular flexibility index (Phi) is 7.91. The molecule has 0 bridgehead atoms. The molecule has 10 heteroatoms. The average molecular weight is 588 g/mol. The van der Waals surface area contributed by atoms with Gasteiger partial charge in [-0.15, -0.1) is 0 Å². The van der Waals surface area contributed by atoms with E-state index in [-0.39, 0.29) is 16.2 Å². The predicted octanol–water partition coefficient (Wildman–Crippen LogP) is 7.56. The van der Waals surface area contributed by atoms with E-state index in [1.807, 2.05) is 50.2 Å². The van der Waals surface area contributed by atoms with Gasteiger partial charge in [-0.25, -0.2) is 4.90 Å². The molecule has 0 aliphatic carbocycles. The topological polar surface area (TPSA) is 78.5 Å². The molecule has 0 fully saturated rings. The number of rotatable bonds is 7. The predicted molar refractivity (Wildman–Crippen MR) is 157 cm³/mol. The van der Waals surface area contributed by atoms with Crippen LogP contribution in [0.3, 0.4) is 0 Å². The molecule has 3 amide bonds. The highest BCUT2D eigenvalue weighted by Crippen LogP contribution is 2.38. The number of nitrogens with zero attached hydrogens (tertiary/aromatic N) is 1. The summed E-state index contributed by atoms with van der Waals surface area (Å²) in [5.41, 5.74) is 2.93. The van der Waals surface area contributed by atoms with E-state index < -0.39 is 29.5 Å². The van der Waals surface area contributed by atoms with E-state index in [0.717, 1.165) is 52.1 Å². The van der Waals surface area contributed by atoms with Crippen LogP contribution in [-0.2, 0) is 15.8 Å². The van der Waals surface area contributed by atoms with Crippen molar-refractivity contribution >= 4 is 46.5 Å². The van der Waals surface area contributed by atoms with Gasteiger partial charge in [0.05, 0.1) is 11.3 Å². The fraction of sp³-hybridized carbons (Fsp3) is 0.0938. The van der Waals surface area contributed by atoms with E-state index >= 15 is 0 Å². The number of halogens is 3. The fourth-order valence-corrected chi connectivity index (χ4v) is 5.09. The number of amides is 3. The zero-order chi connectivity index (χ0) is 30.0. The molecule has 1 aliphatic rings. The van der Waals surface area contributed by atoms with Crippen LogP contribution in [0.1, 0.15) is 27.0 Å². The van der Waals surface area contributed by atoms with Crippen LogP contribution >= 0.6 is 11.8 Å². The van der Waals surface area contributed by atoms with Crippen molar-refractivity contribution in [2.24, 2.45) is 0 Å². The number of anilines is 3. The van der Waals surface area contributed by atoms with Crippen LogP contribution in [0, 0.1) is 13.8 Å². The Morgan fingerprint density at radius 2 is 1.26 bits per heavy atom. The van der Waals surface area contributed by atoms with Crippen molar-refractivity contribution in [3.63, 3.8) is 0 Å². The Hall–Kier alpha value is -4.83. The lowest BCUT2D eigenvalue weighted by molar-refractivity contribution is -0.137. The van der Waals surface area contributed by atoms with E-state index in [1.165, 1.54) is 0 Å². The number of aryl methyl sites for hydroxylation is 2. The van der Waals surface area contributed by atoms with Crippen molar-refractivity contribution in [2.75, 3.05) is 15.5 Å². The van der Waals surface area contributed by atoms with Crippen LogP contribution in [0.4, 0.5) is 30.2 Å². The molecule has 0 spiro atoms. The zero-order valence-electron chi connectivity index (χ0n) is 22.5. The molecule has 0 unspecified atom stereocenters. The van der Waals surface area contributed by atoms with Crippen LogP contribution in [-0.4, -0.2) is 17.7 Å². The van der Waals surface area contributed by atoms with E-state index in [1.54, 1.807) is 36.4 Å². The summed E-state index contributed by atoms with van der Waals surface area (Å²) in [6, 6.07) is 25.0. The first-order chi connectivity index (χ1) is 20.0. The summed E-state index contributed by atoms with van der Waals surface area (Å²) in [5, 5.41) is 5.77. The van der Waals surface area contributed by atoms with Gasteiger partial charge in [-0.2, -0.15) is 13.2 Å². The van der Waals surface area contributed by atoms with Gasteiger partial charge in [-0.3, -0.25) is 14.4 Å². The van der Waals surface area contributed by atoms with E-state index in [9.17, 15) is 27.6 Å². The minimum Gasteiger partial charge on any atom is -0.350 e. The highest BCUT2D eigenvalue weighted by molar-refractivity contribution is 8.04. The van der Waals surface area contributed by atoms with Gasteiger partial charge in [-0.1, -0.05) is 47.2 Å². The van der Waals surface area contributed by atoms with Gasteiger partial charge in [0.15, 0.2) is 0 Å². The summed E-state index contributed by atoms with van der Waals surface area (Å²) in [5.74, 6) is -1.52. The maximum atomic E-state index is 13.6. The summed E-state index contributed by atoms with van der Waals surface area (Å²) in [6.07, 6.45) is -4.49. The van der Waals surface area contributed by atoms with Crippen molar-refractivity contribution in [2.45, 2.75) is 24.9 Å². The molecule has 0 saturated carbocycles. The molecule has 4 aromatic carbocycles. The van der Waals surface area contributed by atoms with Gasteiger partial charge in [-0.05, 0) is 86.6 Å². The van der Waals surface area contributed by atoms with Crippen LogP contribution in [0.15, 0.2) is 113 Å². The number of thioether (sulfide) groups is 1. The number of imide groups is 1. The van der Waals surface area contributed by atoms with Crippen LogP contribution in [0.2, 0.25) is 0 Å². The molecule has 6 nitrogen and oxygen atoms in total. The number of hydrogen-bond donors (Lipinski definition) is 2. The zero-order valence-corrected chi connectivity index (χ0v) is 23.3. The second kappa shape index (κ2) is 11.6. The molecule has 5 rings (SSSR count). The second-order valence-electron chi connectivity index (χ2n) is 9.63. The first-order valence-corrected chi connectivity index (χ1v) is 13.6. The van der Waals surface area contributed by atoms with E-state index in [4.69, 9.17) is 0 Å². The molecule has 0 atom stereocenters. The lowest BCUT2D eigenvalue weighted by atomic mass is 10.1. The fourth-order valence-electron chi connectivity index (χ4n) is 4.16. The number of benzene rings is 4. The van der Waals surface area contributed by atoms with Crippen molar-refractivity contribution < 1.29 is 27.6 Å². The number of carbonyl (C=O) groups excluding carboxylic acids is 3. The monoisotopic (exact) mass is 587 g/mol. The van der Waals surface area contributed by atoms with Gasteiger partial charge >= 0.3 is 6.18 Å². The number of carbonyl (C=O) groups is 3. The lowest BCUT2D eigenvalue weighted by Gasteiger charge is -2.15. The number of nitrogens with one attached hydrogen (secondary N) is 2. The molecule has 42 heavy (non-hydrogen) atoms. The van der Waals surface area contributed by atoms with Crippen LogP contribution < -0.4 is 15.5 Å². The second-order valence-corrected chi connectivity index (χ2v) is 10.7. The average Bonchev–Trinajstić information content (AvgIpc) is 3.19. The first kappa shape index (κ1) is 28.7. The van der Waals surface area contributed by atoms with E-state index in [0.29, 0.717) is 22.0 Å². The smallest absolute Gasteiger partial charge is 0.350 e. The minimum atomic E-state index is -4.49. The minimum absolute atomic E-state index is 0.0738. The quantitative estimate of drug-likeness (QED) is 0.218. The normalized spacial score (nSPS) is 13.5. The van der Waals surface area contributed by atoms with Crippen molar-refractivity contribution in [3.8, 4) is 0 Å². The Labute approximate surface area is 244 Å². The Bertz CT molecular complexity index is 1680. The summed E-state index contributed by atoms with van der Waals surface area (Å²) in [6.45, 7) is 3.86. The van der Waals surface area contributed by atoms with Gasteiger partial charge < -0.3 is 10.6 Å². The maximum absolute atomic E-state index is 13.6. The van der Waals surface area contributed by atoms with Gasteiger partial charge in [0.2, 0.25) is 0 Å². The Morgan fingerprint density at radius 1 is 0.714 bits per heavy atom. The maximum Gasteiger partial charge on any atom is 0.416 e. The molecule has 0 radical (unpaired) electrons. The van der Waals surface area contributed by atoms with E-state index in [2.05, 4.69) is 10.6 Å². The third kappa shape index (κ3) is 6.23. The molecule has 1 heterocycles. The molecule has 2 N–H and O–H groups in total. The van der Waals surface area contributed by atoms with Crippen LogP contribution in [0.5, 0.6) is 0 Å². The molecular weight excluding hydrogens is 563 g/mol. The SMILES string of the molecule is Cc1ccc(NC2=C(Sc3ccc(NC(=O)c4ccc(C(F)(F)F)cc4)cc3)C(=O)N(c3ccc(C)cc3)C2=O)cc1. The number of hydrogen-bond acceptors (Lipinski definition) is 5. The first-order valence-electron chi connectivity index (χ1n) is 12.8. The Morgan fingerprint density at radius 3 is 1.83 bits per heavy atom. The third-order valence-corrected chi connectivity index (χ3v) is 7.55. The summed E-state index contributed by atoms with van der Waals surface area (Å²) < 4.78 is 38.4. The van der Waals surface area contributed by atoms with Crippen molar-refractivity contribution in [1.29, 1.82) is 0 Å². The van der Waals surface area contributed by atoms with Gasteiger partial charge in [0.25, 0.3) is 17.7 Å². The molecule has 0 aromatic heterocycles. The van der Waals surface area contributed by atoms with Crippen LogP contribution in [0.25, 0.3) is 0 Å². The largest absolute Gasteiger partial charge is 0.416 e. The molecule has 1 aliphatic heterocycles.